The smallest absolute Gasteiger partial charge is 0.277 e. The second-order valence-electron chi connectivity index (χ2n) is 6.28. The maximum absolute atomic E-state index is 13.2. The van der Waals surface area contributed by atoms with Crippen molar-refractivity contribution >= 4 is 5.91 Å². The van der Waals surface area contributed by atoms with E-state index in [9.17, 15) is 4.79 Å². The summed E-state index contributed by atoms with van der Waals surface area (Å²) in [5, 5.41) is 15.2. The zero-order valence-corrected chi connectivity index (χ0v) is 14.1. The molecule has 7 nitrogen and oxygen atoms in total. The molecule has 128 valence electrons. The average molecular weight is 336 g/mol. The van der Waals surface area contributed by atoms with Crippen LogP contribution in [-0.2, 0) is 7.05 Å². The Labute approximate surface area is 145 Å². The van der Waals surface area contributed by atoms with Crippen molar-refractivity contribution in [2.75, 3.05) is 6.54 Å². The fourth-order valence-electron chi connectivity index (χ4n) is 3.51. The number of carbonyl (C=O) groups is 1. The summed E-state index contributed by atoms with van der Waals surface area (Å²) >= 11 is 0. The van der Waals surface area contributed by atoms with Crippen LogP contribution in [0.25, 0.3) is 11.3 Å². The Morgan fingerprint density at radius 2 is 2.00 bits per heavy atom. The second kappa shape index (κ2) is 6.51. The van der Waals surface area contributed by atoms with E-state index in [-0.39, 0.29) is 11.9 Å². The summed E-state index contributed by atoms with van der Waals surface area (Å²) in [5.41, 5.74) is 2.91. The number of likely N-dealkylation sites (tertiary alicyclic amines) is 1. The number of rotatable bonds is 3. The molecule has 4 rings (SSSR count). The highest BCUT2D eigenvalue weighted by Crippen LogP contribution is 2.32. The third-order valence-electron chi connectivity index (χ3n) is 4.76. The third kappa shape index (κ3) is 2.82. The van der Waals surface area contributed by atoms with Crippen molar-refractivity contribution in [1.29, 1.82) is 0 Å². The summed E-state index contributed by atoms with van der Waals surface area (Å²) in [7, 11) is 1.91. The number of aromatic nitrogens is 5. The molecule has 25 heavy (non-hydrogen) atoms. The van der Waals surface area contributed by atoms with E-state index >= 15 is 0 Å². The molecule has 1 aliphatic heterocycles. The van der Waals surface area contributed by atoms with E-state index in [1.54, 1.807) is 6.20 Å². The lowest BCUT2D eigenvalue weighted by atomic mass is 9.98. The summed E-state index contributed by atoms with van der Waals surface area (Å²) in [6, 6.07) is 11.7. The SMILES string of the molecule is Cn1nccc1C1CCCCN1C(=O)c1n[nH]nc1-c1ccccc1. The van der Waals surface area contributed by atoms with Crippen LogP contribution in [-0.4, -0.2) is 42.5 Å². The average Bonchev–Trinajstić information content (AvgIpc) is 3.31. The topological polar surface area (TPSA) is 79.7 Å². The van der Waals surface area contributed by atoms with Gasteiger partial charge in [-0.2, -0.15) is 20.5 Å². The van der Waals surface area contributed by atoms with Crippen LogP contribution in [0.4, 0.5) is 0 Å². The molecule has 1 atom stereocenters. The molecule has 1 fully saturated rings. The van der Waals surface area contributed by atoms with Crippen LogP contribution < -0.4 is 0 Å². The molecule has 1 unspecified atom stereocenters. The maximum Gasteiger partial charge on any atom is 0.277 e. The largest absolute Gasteiger partial charge is 0.329 e. The van der Waals surface area contributed by atoms with E-state index in [1.807, 2.05) is 53.0 Å². The predicted octanol–water partition coefficient (Wildman–Crippen LogP) is 2.57. The molecule has 0 spiro atoms. The second-order valence-corrected chi connectivity index (χ2v) is 6.28. The van der Waals surface area contributed by atoms with Crippen molar-refractivity contribution in [2.24, 2.45) is 7.05 Å². The molecular formula is C18H20N6O. The highest BCUT2D eigenvalue weighted by atomic mass is 16.2. The van der Waals surface area contributed by atoms with Crippen LogP contribution in [0.1, 0.15) is 41.5 Å². The van der Waals surface area contributed by atoms with Gasteiger partial charge in [-0.25, -0.2) is 0 Å². The maximum atomic E-state index is 13.2. The Hall–Kier alpha value is -2.96. The molecule has 0 aliphatic carbocycles. The van der Waals surface area contributed by atoms with Crippen molar-refractivity contribution in [2.45, 2.75) is 25.3 Å². The molecule has 1 aromatic carbocycles. The summed E-state index contributed by atoms with van der Waals surface area (Å²) in [6.07, 6.45) is 4.81. The van der Waals surface area contributed by atoms with Gasteiger partial charge in [0.1, 0.15) is 5.69 Å². The molecule has 0 bridgehead atoms. The number of H-pyrrole nitrogens is 1. The lowest BCUT2D eigenvalue weighted by Crippen LogP contribution is -2.39. The van der Waals surface area contributed by atoms with Gasteiger partial charge in [-0.15, -0.1) is 0 Å². The fourth-order valence-corrected chi connectivity index (χ4v) is 3.51. The molecule has 0 saturated carbocycles. The van der Waals surface area contributed by atoms with Gasteiger partial charge in [0.25, 0.3) is 5.91 Å². The van der Waals surface area contributed by atoms with Gasteiger partial charge in [0.2, 0.25) is 0 Å². The first-order chi connectivity index (χ1) is 12.3. The van der Waals surface area contributed by atoms with E-state index in [1.165, 1.54) is 0 Å². The Bertz CT molecular complexity index is 869. The normalized spacial score (nSPS) is 17.6. The summed E-state index contributed by atoms with van der Waals surface area (Å²) in [6.45, 7) is 0.718. The molecule has 1 amide bonds. The van der Waals surface area contributed by atoms with Gasteiger partial charge in [-0.05, 0) is 25.3 Å². The van der Waals surface area contributed by atoms with Crippen LogP contribution in [0.2, 0.25) is 0 Å². The first-order valence-corrected chi connectivity index (χ1v) is 8.51. The van der Waals surface area contributed by atoms with E-state index in [2.05, 4.69) is 20.5 Å². The number of aryl methyl sites for hydroxylation is 1. The summed E-state index contributed by atoms with van der Waals surface area (Å²) < 4.78 is 1.84. The minimum absolute atomic E-state index is 0.0223. The van der Waals surface area contributed by atoms with Gasteiger partial charge >= 0.3 is 0 Å². The van der Waals surface area contributed by atoms with E-state index < -0.39 is 0 Å². The van der Waals surface area contributed by atoms with Crippen LogP contribution in [0.15, 0.2) is 42.6 Å². The molecule has 7 heteroatoms. The van der Waals surface area contributed by atoms with Crippen LogP contribution in [0.5, 0.6) is 0 Å². The Balaban J connectivity index is 1.68. The molecule has 1 saturated heterocycles. The summed E-state index contributed by atoms with van der Waals surface area (Å²) in [5.74, 6) is -0.0847. The van der Waals surface area contributed by atoms with Crippen molar-refractivity contribution in [3.8, 4) is 11.3 Å². The van der Waals surface area contributed by atoms with Gasteiger partial charge in [-0.1, -0.05) is 30.3 Å². The number of hydrogen-bond donors (Lipinski definition) is 1. The van der Waals surface area contributed by atoms with E-state index in [0.29, 0.717) is 11.4 Å². The number of carbonyl (C=O) groups excluding carboxylic acids is 1. The zero-order chi connectivity index (χ0) is 17.2. The van der Waals surface area contributed by atoms with Gasteiger partial charge in [0.05, 0.1) is 11.7 Å². The minimum Gasteiger partial charge on any atom is -0.329 e. The summed E-state index contributed by atoms with van der Waals surface area (Å²) in [4.78, 5) is 15.2. The Kier molecular flexibility index (Phi) is 4.05. The zero-order valence-electron chi connectivity index (χ0n) is 14.1. The van der Waals surface area contributed by atoms with Crippen molar-refractivity contribution in [1.82, 2.24) is 30.1 Å². The van der Waals surface area contributed by atoms with Crippen LogP contribution in [0.3, 0.4) is 0 Å². The molecular weight excluding hydrogens is 316 g/mol. The highest BCUT2D eigenvalue weighted by molar-refractivity contribution is 5.98. The van der Waals surface area contributed by atoms with Crippen molar-refractivity contribution < 1.29 is 4.79 Å². The fraction of sp³-hybridized carbons (Fsp3) is 0.333. The van der Waals surface area contributed by atoms with Gasteiger partial charge in [0.15, 0.2) is 5.69 Å². The number of benzene rings is 1. The molecule has 2 aromatic heterocycles. The third-order valence-corrected chi connectivity index (χ3v) is 4.76. The number of amides is 1. The minimum atomic E-state index is -0.0847. The molecule has 1 N–H and O–H groups in total. The number of nitrogens with one attached hydrogen (secondary N) is 1. The predicted molar refractivity (Wildman–Crippen MR) is 92.7 cm³/mol. The van der Waals surface area contributed by atoms with Gasteiger partial charge in [-0.3, -0.25) is 9.48 Å². The lowest BCUT2D eigenvalue weighted by molar-refractivity contribution is 0.0596. The van der Waals surface area contributed by atoms with Crippen LogP contribution >= 0.6 is 0 Å². The Morgan fingerprint density at radius 1 is 1.16 bits per heavy atom. The molecule has 3 heterocycles. The quantitative estimate of drug-likeness (QED) is 0.797. The highest BCUT2D eigenvalue weighted by Gasteiger charge is 2.33. The number of nitrogens with zero attached hydrogens (tertiary/aromatic N) is 5. The van der Waals surface area contributed by atoms with Crippen molar-refractivity contribution in [3.63, 3.8) is 0 Å². The standard InChI is InChI=1S/C18H20N6O/c1-23-14(10-11-19-23)15-9-5-6-12-24(15)18(25)17-16(20-22-21-17)13-7-3-2-4-8-13/h2-4,7-8,10-11,15H,5-6,9,12H2,1H3,(H,20,21,22). The number of hydrogen-bond acceptors (Lipinski definition) is 4. The molecule has 1 aliphatic rings. The van der Waals surface area contributed by atoms with E-state index in [0.717, 1.165) is 37.1 Å². The van der Waals surface area contributed by atoms with Crippen LogP contribution in [0, 0.1) is 0 Å². The van der Waals surface area contributed by atoms with Gasteiger partial charge < -0.3 is 4.90 Å². The monoisotopic (exact) mass is 336 g/mol. The van der Waals surface area contributed by atoms with Crippen molar-refractivity contribution in [3.05, 3.63) is 54.0 Å². The lowest BCUT2D eigenvalue weighted by Gasteiger charge is -2.35. The van der Waals surface area contributed by atoms with Gasteiger partial charge in [0, 0.05) is 25.4 Å². The molecule has 3 aromatic rings. The van der Waals surface area contributed by atoms with E-state index in [4.69, 9.17) is 0 Å². The molecule has 0 radical (unpaired) electrons. The first kappa shape index (κ1) is 15.6. The number of piperidine rings is 1. The number of aromatic amines is 1. The first-order valence-electron chi connectivity index (χ1n) is 8.51. The Morgan fingerprint density at radius 3 is 2.76 bits per heavy atom.